The fourth-order valence-electron chi connectivity index (χ4n) is 1.40. The van der Waals surface area contributed by atoms with E-state index in [0.29, 0.717) is 18.7 Å². The first-order valence-corrected chi connectivity index (χ1v) is 5.55. The average molecular weight is 262 g/mol. The van der Waals surface area contributed by atoms with Crippen LogP contribution in [0.3, 0.4) is 0 Å². The van der Waals surface area contributed by atoms with Gasteiger partial charge >= 0.3 is 13.5 Å². The third-order valence-electron chi connectivity index (χ3n) is 2.00. The van der Waals surface area contributed by atoms with Gasteiger partial charge in [-0.2, -0.15) is 0 Å². The maximum Gasteiger partial charge on any atom is 0.573 e. The maximum atomic E-state index is 12.1. The van der Waals surface area contributed by atoms with E-state index in [9.17, 15) is 13.2 Å². The van der Waals surface area contributed by atoms with Gasteiger partial charge in [0.05, 0.1) is 0 Å². The zero-order valence-corrected chi connectivity index (χ0v) is 10.2. The second-order valence-electron chi connectivity index (χ2n) is 3.36. The Balaban J connectivity index is 2.84. The molecule has 1 rings (SSSR count). The molecular weight excluding hydrogens is 248 g/mol. The Kier molecular flexibility index (Phi) is 5.49. The van der Waals surface area contributed by atoms with Crippen LogP contribution in [0.1, 0.15) is 13.8 Å². The second-order valence-corrected chi connectivity index (χ2v) is 3.36. The van der Waals surface area contributed by atoms with Gasteiger partial charge in [0.15, 0.2) is 0 Å². The molecule has 1 aromatic carbocycles. The summed E-state index contributed by atoms with van der Waals surface area (Å²) in [6, 6.07) is 5.57. The van der Waals surface area contributed by atoms with E-state index in [4.69, 9.17) is 9.31 Å². The van der Waals surface area contributed by atoms with E-state index < -0.39 is 13.5 Å². The SMILES string of the molecule is CCOB(OCC)c1cccc(OC(F)(F)F)c1. The highest BCUT2D eigenvalue weighted by atomic mass is 19.4. The van der Waals surface area contributed by atoms with Crippen LogP contribution in [0.25, 0.3) is 0 Å². The molecule has 7 heteroatoms. The summed E-state index contributed by atoms with van der Waals surface area (Å²) in [6.45, 7) is 4.36. The first-order chi connectivity index (χ1) is 8.46. The largest absolute Gasteiger partial charge is 0.573 e. The van der Waals surface area contributed by atoms with Crippen molar-refractivity contribution in [1.29, 1.82) is 0 Å². The predicted octanol–water partition coefficient (Wildman–Crippen LogP) is 2.35. The van der Waals surface area contributed by atoms with E-state index in [1.165, 1.54) is 18.2 Å². The number of hydrogen-bond acceptors (Lipinski definition) is 3. The summed E-state index contributed by atoms with van der Waals surface area (Å²) >= 11 is 0. The van der Waals surface area contributed by atoms with E-state index in [1.54, 1.807) is 19.9 Å². The summed E-state index contributed by atoms with van der Waals surface area (Å²) in [5, 5.41) is 0. The molecule has 18 heavy (non-hydrogen) atoms. The quantitative estimate of drug-likeness (QED) is 0.736. The molecule has 0 heterocycles. The highest BCUT2D eigenvalue weighted by molar-refractivity contribution is 6.61. The minimum atomic E-state index is -4.70. The lowest BCUT2D eigenvalue weighted by Crippen LogP contribution is -2.37. The third-order valence-corrected chi connectivity index (χ3v) is 2.00. The summed E-state index contributed by atoms with van der Waals surface area (Å²) in [5.74, 6) is -0.288. The van der Waals surface area contributed by atoms with Gasteiger partial charge in [-0.05, 0) is 31.4 Å². The van der Waals surface area contributed by atoms with Crippen LogP contribution in [-0.4, -0.2) is 26.7 Å². The molecule has 0 N–H and O–H groups in total. The van der Waals surface area contributed by atoms with Gasteiger partial charge in [0.25, 0.3) is 0 Å². The van der Waals surface area contributed by atoms with Crippen LogP contribution in [0, 0.1) is 0 Å². The van der Waals surface area contributed by atoms with Gasteiger partial charge in [0, 0.05) is 13.2 Å². The van der Waals surface area contributed by atoms with E-state index in [2.05, 4.69) is 4.74 Å². The molecule has 0 aliphatic carbocycles. The molecule has 0 radical (unpaired) electrons. The van der Waals surface area contributed by atoms with Gasteiger partial charge in [-0.15, -0.1) is 13.2 Å². The van der Waals surface area contributed by atoms with Crippen LogP contribution >= 0.6 is 0 Å². The van der Waals surface area contributed by atoms with Gasteiger partial charge in [-0.3, -0.25) is 0 Å². The topological polar surface area (TPSA) is 27.7 Å². The van der Waals surface area contributed by atoms with Crippen LogP contribution < -0.4 is 10.2 Å². The number of alkyl halides is 3. The molecule has 0 saturated carbocycles. The summed E-state index contributed by atoms with van der Waals surface area (Å²) in [6.07, 6.45) is -4.70. The third kappa shape index (κ3) is 4.97. The Morgan fingerprint density at radius 3 is 2.22 bits per heavy atom. The highest BCUT2D eigenvalue weighted by Crippen LogP contribution is 2.21. The fourth-order valence-corrected chi connectivity index (χ4v) is 1.40. The highest BCUT2D eigenvalue weighted by Gasteiger charge is 2.31. The molecule has 0 atom stereocenters. The van der Waals surface area contributed by atoms with Crippen LogP contribution in [0.4, 0.5) is 13.2 Å². The second kappa shape index (κ2) is 6.65. The number of benzene rings is 1. The molecule has 0 saturated heterocycles. The number of ether oxygens (including phenoxy) is 1. The van der Waals surface area contributed by atoms with Crippen LogP contribution in [0.15, 0.2) is 24.3 Å². The maximum absolute atomic E-state index is 12.1. The van der Waals surface area contributed by atoms with Crippen molar-refractivity contribution in [1.82, 2.24) is 0 Å². The molecular formula is C11H14BF3O3. The van der Waals surface area contributed by atoms with Gasteiger partial charge < -0.3 is 14.0 Å². The van der Waals surface area contributed by atoms with E-state index in [1.807, 2.05) is 0 Å². The number of rotatable bonds is 6. The summed E-state index contributed by atoms with van der Waals surface area (Å²) in [5.41, 5.74) is 0.487. The molecule has 0 bridgehead atoms. The fraction of sp³-hybridized carbons (Fsp3) is 0.455. The first kappa shape index (κ1) is 14.9. The summed E-state index contributed by atoms with van der Waals surface area (Å²) in [4.78, 5) is 0. The standard InChI is InChI=1S/C11H14BF3O3/c1-3-16-12(17-4-2)9-6-5-7-10(8-9)18-11(13,14)15/h5-8H,3-4H2,1-2H3. The summed E-state index contributed by atoms with van der Waals surface area (Å²) in [7, 11) is -0.684. The molecule has 0 aromatic heterocycles. The molecule has 0 unspecified atom stereocenters. The minimum Gasteiger partial charge on any atom is -0.408 e. The van der Waals surface area contributed by atoms with Crippen molar-refractivity contribution in [2.24, 2.45) is 0 Å². The van der Waals surface area contributed by atoms with E-state index in [-0.39, 0.29) is 5.75 Å². The lowest BCUT2D eigenvalue weighted by molar-refractivity contribution is -0.274. The summed E-state index contributed by atoms with van der Waals surface area (Å²) < 4.78 is 50.7. The van der Waals surface area contributed by atoms with E-state index >= 15 is 0 Å². The average Bonchev–Trinajstić information content (AvgIpc) is 2.27. The smallest absolute Gasteiger partial charge is 0.408 e. The Morgan fingerprint density at radius 1 is 1.11 bits per heavy atom. The molecule has 0 fully saturated rings. The molecule has 0 spiro atoms. The molecule has 0 aliphatic heterocycles. The monoisotopic (exact) mass is 262 g/mol. The van der Waals surface area contributed by atoms with Gasteiger partial charge in [0.1, 0.15) is 5.75 Å². The van der Waals surface area contributed by atoms with Crippen LogP contribution in [0.5, 0.6) is 5.75 Å². The van der Waals surface area contributed by atoms with Crippen molar-refractivity contribution in [3.8, 4) is 5.75 Å². The van der Waals surface area contributed by atoms with Gasteiger partial charge in [-0.1, -0.05) is 12.1 Å². The van der Waals surface area contributed by atoms with Crippen molar-refractivity contribution in [3.63, 3.8) is 0 Å². The lowest BCUT2D eigenvalue weighted by Gasteiger charge is -2.14. The number of hydrogen-bond donors (Lipinski definition) is 0. The van der Waals surface area contributed by atoms with Crippen molar-refractivity contribution < 1.29 is 27.2 Å². The van der Waals surface area contributed by atoms with Crippen molar-refractivity contribution in [3.05, 3.63) is 24.3 Å². The van der Waals surface area contributed by atoms with Crippen LogP contribution in [-0.2, 0) is 9.31 Å². The predicted molar refractivity (Wildman–Crippen MR) is 61.8 cm³/mol. The molecule has 0 amide bonds. The van der Waals surface area contributed by atoms with Crippen molar-refractivity contribution in [2.75, 3.05) is 13.2 Å². The van der Waals surface area contributed by atoms with Gasteiger partial charge in [-0.25, -0.2) is 0 Å². The Morgan fingerprint density at radius 2 is 1.72 bits per heavy atom. The lowest BCUT2D eigenvalue weighted by atomic mass is 9.78. The van der Waals surface area contributed by atoms with Crippen molar-refractivity contribution in [2.45, 2.75) is 20.2 Å². The Labute approximate surface area is 104 Å². The Hall–Kier alpha value is -1.21. The zero-order chi connectivity index (χ0) is 13.6. The molecule has 0 aliphatic rings. The Bertz CT molecular complexity index is 365. The zero-order valence-electron chi connectivity index (χ0n) is 10.2. The molecule has 100 valence electrons. The normalized spacial score (nSPS) is 11.4. The van der Waals surface area contributed by atoms with Crippen LogP contribution in [0.2, 0.25) is 0 Å². The molecule has 3 nitrogen and oxygen atoms in total. The van der Waals surface area contributed by atoms with Crippen molar-refractivity contribution >= 4 is 12.6 Å². The number of halogens is 3. The van der Waals surface area contributed by atoms with E-state index in [0.717, 1.165) is 0 Å². The minimum absolute atomic E-state index is 0.288. The van der Waals surface area contributed by atoms with Gasteiger partial charge in [0.2, 0.25) is 0 Å². The first-order valence-electron chi connectivity index (χ1n) is 5.55. The molecule has 1 aromatic rings.